The third-order valence-electron chi connectivity index (χ3n) is 3.53. The summed E-state index contributed by atoms with van der Waals surface area (Å²) >= 11 is 0. The van der Waals surface area contributed by atoms with Crippen LogP contribution in [0, 0.1) is 0 Å². The lowest BCUT2D eigenvalue weighted by Crippen LogP contribution is -2.11. The van der Waals surface area contributed by atoms with Crippen LogP contribution < -0.4 is 5.56 Å². The Labute approximate surface area is 135 Å². The van der Waals surface area contributed by atoms with E-state index in [2.05, 4.69) is 14.7 Å². The molecule has 0 spiro atoms. The molecular weight excluding hydrogens is 312 g/mol. The van der Waals surface area contributed by atoms with Gasteiger partial charge in [0, 0.05) is 5.56 Å². The van der Waals surface area contributed by atoms with E-state index in [0.29, 0.717) is 16.5 Å². The summed E-state index contributed by atoms with van der Waals surface area (Å²) in [6.45, 7) is 0. The zero-order valence-electron chi connectivity index (χ0n) is 12.6. The molecule has 0 amide bonds. The van der Waals surface area contributed by atoms with Crippen LogP contribution in [-0.2, 0) is 4.74 Å². The first-order chi connectivity index (χ1) is 11.5. The number of carbonyl (C=O) groups excluding carboxylic acids is 1. The van der Waals surface area contributed by atoms with Gasteiger partial charge < -0.3 is 14.8 Å². The maximum absolute atomic E-state index is 12.2. The van der Waals surface area contributed by atoms with E-state index < -0.39 is 11.9 Å². The lowest BCUT2D eigenvalue weighted by molar-refractivity contribution is 0.0600. The minimum Gasteiger partial charge on any atom is -0.478 e. The number of hydrogen-bond donors (Lipinski definition) is 2. The summed E-state index contributed by atoms with van der Waals surface area (Å²) in [6, 6.07) is 10.4. The van der Waals surface area contributed by atoms with Crippen LogP contribution in [0.5, 0.6) is 0 Å². The number of aromatic carboxylic acids is 1. The van der Waals surface area contributed by atoms with Gasteiger partial charge in [-0.25, -0.2) is 14.6 Å². The van der Waals surface area contributed by atoms with Gasteiger partial charge in [-0.1, -0.05) is 12.1 Å². The molecule has 0 saturated heterocycles. The highest BCUT2D eigenvalue weighted by Gasteiger charge is 2.11. The van der Waals surface area contributed by atoms with Gasteiger partial charge in [0.1, 0.15) is 5.82 Å². The second kappa shape index (κ2) is 5.96. The molecule has 0 aliphatic carbocycles. The number of aromatic nitrogens is 2. The molecule has 120 valence electrons. The number of hydrogen-bond acceptors (Lipinski definition) is 5. The average Bonchev–Trinajstić information content (AvgIpc) is 2.60. The molecule has 0 aliphatic rings. The normalized spacial score (nSPS) is 10.5. The molecule has 3 aromatic rings. The Morgan fingerprint density at radius 2 is 1.75 bits per heavy atom. The first kappa shape index (κ1) is 15.4. The van der Waals surface area contributed by atoms with Crippen molar-refractivity contribution in [1.29, 1.82) is 0 Å². The Morgan fingerprint density at radius 1 is 1.08 bits per heavy atom. The maximum Gasteiger partial charge on any atom is 0.337 e. The summed E-state index contributed by atoms with van der Waals surface area (Å²) < 4.78 is 4.66. The van der Waals surface area contributed by atoms with Crippen molar-refractivity contribution in [3.05, 3.63) is 63.9 Å². The SMILES string of the molecule is COC(=O)c1ccc2c(=O)[nH]c(-c3ccc(C(=O)O)cc3)nc2c1. The molecule has 1 aromatic heterocycles. The van der Waals surface area contributed by atoms with Crippen molar-refractivity contribution in [2.45, 2.75) is 0 Å². The van der Waals surface area contributed by atoms with Gasteiger partial charge in [0.2, 0.25) is 0 Å². The largest absolute Gasteiger partial charge is 0.478 e. The van der Waals surface area contributed by atoms with Crippen LogP contribution in [0.4, 0.5) is 0 Å². The van der Waals surface area contributed by atoms with E-state index in [1.54, 1.807) is 12.1 Å². The number of carbonyl (C=O) groups is 2. The molecule has 1 heterocycles. The highest BCUT2D eigenvalue weighted by atomic mass is 16.5. The molecule has 2 aromatic carbocycles. The Balaban J connectivity index is 2.13. The third-order valence-corrected chi connectivity index (χ3v) is 3.53. The van der Waals surface area contributed by atoms with Crippen LogP contribution in [0.2, 0.25) is 0 Å². The lowest BCUT2D eigenvalue weighted by Gasteiger charge is -2.05. The van der Waals surface area contributed by atoms with E-state index >= 15 is 0 Å². The van der Waals surface area contributed by atoms with Crippen molar-refractivity contribution in [1.82, 2.24) is 9.97 Å². The molecule has 0 saturated carbocycles. The fourth-order valence-electron chi connectivity index (χ4n) is 2.29. The number of fused-ring (bicyclic) bond motifs is 1. The molecule has 0 bridgehead atoms. The highest BCUT2D eigenvalue weighted by Crippen LogP contribution is 2.18. The van der Waals surface area contributed by atoms with Crippen molar-refractivity contribution < 1.29 is 19.4 Å². The molecule has 0 radical (unpaired) electrons. The van der Waals surface area contributed by atoms with Crippen LogP contribution in [-0.4, -0.2) is 34.1 Å². The fourth-order valence-corrected chi connectivity index (χ4v) is 2.29. The molecular formula is C17H12N2O5. The smallest absolute Gasteiger partial charge is 0.337 e. The van der Waals surface area contributed by atoms with Crippen LogP contribution >= 0.6 is 0 Å². The average molecular weight is 324 g/mol. The monoisotopic (exact) mass is 324 g/mol. The van der Waals surface area contributed by atoms with Crippen LogP contribution in [0.15, 0.2) is 47.3 Å². The van der Waals surface area contributed by atoms with Crippen LogP contribution in [0.3, 0.4) is 0 Å². The van der Waals surface area contributed by atoms with Crippen molar-refractivity contribution in [3.63, 3.8) is 0 Å². The van der Waals surface area contributed by atoms with Crippen LogP contribution in [0.25, 0.3) is 22.3 Å². The first-order valence-corrected chi connectivity index (χ1v) is 6.95. The molecule has 0 unspecified atom stereocenters. The van der Waals surface area contributed by atoms with Gasteiger partial charge in [0.15, 0.2) is 0 Å². The number of carboxylic acid groups (broad SMARTS) is 1. The Hall–Kier alpha value is -3.48. The standard InChI is InChI=1S/C17H12N2O5/c1-24-17(23)11-6-7-12-13(8-11)18-14(19-15(12)20)9-2-4-10(5-3-9)16(21)22/h2-8H,1H3,(H,21,22)(H,18,19,20). The summed E-state index contributed by atoms with van der Waals surface area (Å²) in [7, 11) is 1.27. The minimum atomic E-state index is -1.04. The molecule has 7 nitrogen and oxygen atoms in total. The molecule has 2 N–H and O–H groups in total. The highest BCUT2D eigenvalue weighted by molar-refractivity contribution is 5.94. The molecule has 0 fully saturated rings. The van der Waals surface area contributed by atoms with Crippen molar-refractivity contribution in [2.75, 3.05) is 7.11 Å². The second-order valence-electron chi connectivity index (χ2n) is 5.02. The van der Waals surface area contributed by atoms with Crippen LogP contribution in [0.1, 0.15) is 20.7 Å². The fraction of sp³-hybridized carbons (Fsp3) is 0.0588. The van der Waals surface area contributed by atoms with E-state index in [1.807, 2.05) is 0 Å². The van der Waals surface area contributed by atoms with E-state index in [4.69, 9.17) is 5.11 Å². The Bertz CT molecular complexity index is 1010. The zero-order chi connectivity index (χ0) is 17.3. The Morgan fingerprint density at radius 3 is 2.38 bits per heavy atom. The van der Waals surface area contributed by atoms with E-state index in [-0.39, 0.29) is 22.5 Å². The maximum atomic E-state index is 12.2. The lowest BCUT2D eigenvalue weighted by atomic mass is 10.1. The molecule has 7 heteroatoms. The van der Waals surface area contributed by atoms with Crippen molar-refractivity contribution >= 4 is 22.8 Å². The van der Waals surface area contributed by atoms with Gasteiger partial charge in [0.05, 0.1) is 29.1 Å². The quantitative estimate of drug-likeness (QED) is 0.714. The summed E-state index contributed by atoms with van der Waals surface area (Å²) in [5, 5.41) is 9.26. The number of H-pyrrole nitrogens is 1. The van der Waals surface area contributed by atoms with Crippen molar-refractivity contribution in [2.24, 2.45) is 0 Å². The summed E-state index contributed by atoms with van der Waals surface area (Å²) in [4.78, 5) is 41.7. The number of methoxy groups -OCH3 is 1. The number of nitrogens with zero attached hydrogens (tertiary/aromatic N) is 1. The number of benzene rings is 2. The summed E-state index contributed by atoms with van der Waals surface area (Å²) in [6.07, 6.45) is 0. The zero-order valence-corrected chi connectivity index (χ0v) is 12.6. The molecule has 24 heavy (non-hydrogen) atoms. The van der Waals surface area contributed by atoms with Gasteiger partial charge in [0.25, 0.3) is 5.56 Å². The van der Waals surface area contributed by atoms with Gasteiger partial charge in [-0.3, -0.25) is 4.79 Å². The van der Waals surface area contributed by atoms with E-state index in [0.717, 1.165) is 0 Å². The predicted molar refractivity (Wildman–Crippen MR) is 86.1 cm³/mol. The summed E-state index contributed by atoms with van der Waals surface area (Å²) in [5.74, 6) is -1.28. The van der Waals surface area contributed by atoms with Gasteiger partial charge >= 0.3 is 11.9 Å². The number of carboxylic acids is 1. The van der Waals surface area contributed by atoms with Gasteiger partial charge in [-0.15, -0.1) is 0 Å². The molecule has 3 rings (SSSR count). The van der Waals surface area contributed by atoms with Gasteiger partial charge in [-0.05, 0) is 30.3 Å². The topological polar surface area (TPSA) is 109 Å². The number of rotatable bonds is 3. The number of ether oxygens (including phenoxy) is 1. The number of aromatic amines is 1. The third kappa shape index (κ3) is 2.74. The predicted octanol–water partition coefficient (Wildman–Crippen LogP) is 2.07. The minimum absolute atomic E-state index is 0.134. The first-order valence-electron chi connectivity index (χ1n) is 6.95. The number of esters is 1. The van der Waals surface area contributed by atoms with Gasteiger partial charge in [-0.2, -0.15) is 0 Å². The molecule has 0 aliphatic heterocycles. The second-order valence-corrected chi connectivity index (χ2v) is 5.02. The van der Waals surface area contributed by atoms with E-state index in [1.165, 1.54) is 37.4 Å². The summed E-state index contributed by atoms with van der Waals surface area (Å²) in [5.41, 5.74) is 0.972. The van der Waals surface area contributed by atoms with E-state index in [9.17, 15) is 14.4 Å². The Kier molecular flexibility index (Phi) is 3.83. The molecule has 0 atom stereocenters. The number of nitrogens with one attached hydrogen (secondary N) is 1. The van der Waals surface area contributed by atoms with Crippen molar-refractivity contribution in [3.8, 4) is 11.4 Å².